The highest BCUT2D eigenvalue weighted by molar-refractivity contribution is 5.80. The zero-order valence-corrected chi connectivity index (χ0v) is 7.89. The summed E-state index contributed by atoms with van der Waals surface area (Å²) in [5.41, 5.74) is -0.319. The van der Waals surface area contributed by atoms with Crippen molar-refractivity contribution >= 4 is 5.97 Å². The van der Waals surface area contributed by atoms with Crippen LogP contribution < -0.4 is 5.32 Å². The van der Waals surface area contributed by atoms with Gasteiger partial charge in [-0.15, -0.1) is 0 Å². The summed E-state index contributed by atoms with van der Waals surface area (Å²) in [4.78, 5) is 11.4. The number of nitrogens with one attached hydrogen (secondary N) is 1. The Kier molecular flexibility index (Phi) is 3.03. The van der Waals surface area contributed by atoms with Crippen LogP contribution in [0.25, 0.3) is 0 Å². The van der Waals surface area contributed by atoms with E-state index < -0.39 is 5.41 Å². The minimum absolute atomic E-state index is 0.386. The Bertz CT molecular complexity index is 240. The van der Waals surface area contributed by atoms with Gasteiger partial charge in [-0.3, -0.25) is 4.79 Å². The molecule has 0 aliphatic carbocycles. The van der Waals surface area contributed by atoms with Crippen LogP contribution in [0.3, 0.4) is 0 Å². The van der Waals surface area contributed by atoms with Gasteiger partial charge < -0.3 is 10.1 Å². The Labute approximate surface area is 77.0 Å². The smallest absolute Gasteiger partial charge is 0.317 e. The SMILES string of the molecule is COC(=O)[C@]1(C)CNCC/C1=C\F. The zero-order chi connectivity index (χ0) is 9.90. The summed E-state index contributed by atoms with van der Waals surface area (Å²) < 4.78 is 17.1. The van der Waals surface area contributed by atoms with E-state index >= 15 is 0 Å². The van der Waals surface area contributed by atoms with Gasteiger partial charge in [0.1, 0.15) is 5.41 Å². The van der Waals surface area contributed by atoms with Crippen LogP contribution in [0.1, 0.15) is 13.3 Å². The van der Waals surface area contributed by atoms with Gasteiger partial charge >= 0.3 is 5.97 Å². The Hall–Kier alpha value is -0.900. The summed E-state index contributed by atoms with van der Waals surface area (Å²) >= 11 is 0. The van der Waals surface area contributed by atoms with Gasteiger partial charge in [-0.2, -0.15) is 0 Å². The van der Waals surface area contributed by atoms with Crippen molar-refractivity contribution in [1.82, 2.24) is 5.32 Å². The first kappa shape index (κ1) is 10.2. The van der Waals surface area contributed by atoms with Crippen molar-refractivity contribution in [3.63, 3.8) is 0 Å². The first-order valence-corrected chi connectivity index (χ1v) is 4.24. The molecule has 0 aromatic rings. The monoisotopic (exact) mass is 187 g/mol. The molecule has 1 N–H and O–H groups in total. The molecule has 1 heterocycles. The van der Waals surface area contributed by atoms with Crippen LogP contribution in [0.2, 0.25) is 0 Å². The van der Waals surface area contributed by atoms with E-state index in [9.17, 15) is 9.18 Å². The molecule has 3 nitrogen and oxygen atoms in total. The Morgan fingerprint density at radius 2 is 2.46 bits per heavy atom. The van der Waals surface area contributed by atoms with Crippen LogP contribution in [-0.4, -0.2) is 26.2 Å². The molecule has 0 bridgehead atoms. The highest BCUT2D eigenvalue weighted by Gasteiger charge is 2.40. The predicted molar refractivity (Wildman–Crippen MR) is 46.8 cm³/mol. The molecule has 0 aromatic heterocycles. The maximum atomic E-state index is 12.5. The van der Waals surface area contributed by atoms with Crippen LogP contribution in [0, 0.1) is 5.41 Å². The number of rotatable bonds is 1. The number of halogens is 1. The van der Waals surface area contributed by atoms with Gasteiger partial charge in [0, 0.05) is 6.54 Å². The lowest BCUT2D eigenvalue weighted by Gasteiger charge is -2.33. The molecule has 74 valence electrons. The van der Waals surface area contributed by atoms with E-state index in [-0.39, 0.29) is 5.97 Å². The van der Waals surface area contributed by atoms with E-state index in [1.54, 1.807) is 6.92 Å². The van der Waals surface area contributed by atoms with Crippen molar-refractivity contribution < 1.29 is 13.9 Å². The van der Waals surface area contributed by atoms with Crippen molar-refractivity contribution in [1.29, 1.82) is 0 Å². The molecule has 1 atom stereocenters. The molecule has 1 aliphatic heterocycles. The number of carbonyl (C=O) groups excluding carboxylic acids is 1. The van der Waals surface area contributed by atoms with Crippen molar-refractivity contribution in [3.05, 3.63) is 11.9 Å². The van der Waals surface area contributed by atoms with Gasteiger partial charge in [0.05, 0.1) is 13.4 Å². The number of ether oxygens (including phenoxy) is 1. The number of piperidine rings is 1. The van der Waals surface area contributed by atoms with E-state index in [1.807, 2.05) is 0 Å². The highest BCUT2D eigenvalue weighted by atomic mass is 19.1. The second kappa shape index (κ2) is 3.87. The van der Waals surface area contributed by atoms with E-state index in [4.69, 9.17) is 0 Å². The lowest BCUT2D eigenvalue weighted by atomic mass is 9.78. The van der Waals surface area contributed by atoms with E-state index in [2.05, 4.69) is 10.1 Å². The van der Waals surface area contributed by atoms with Crippen LogP contribution >= 0.6 is 0 Å². The largest absolute Gasteiger partial charge is 0.468 e. The molecule has 0 spiro atoms. The number of hydrogen-bond donors (Lipinski definition) is 1. The van der Waals surface area contributed by atoms with Crippen LogP contribution in [0.5, 0.6) is 0 Å². The fourth-order valence-electron chi connectivity index (χ4n) is 1.55. The average molecular weight is 187 g/mol. The second-order valence-electron chi connectivity index (χ2n) is 3.38. The summed E-state index contributed by atoms with van der Waals surface area (Å²) in [5, 5.41) is 3.05. The first-order chi connectivity index (χ1) is 6.15. The molecule has 0 aromatic carbocycles. The third kappa shape index (κ3) is 1.72. The normalized spacial score (nSPS) is 31.8. The Morgan fingerprint density at radius 3 is 3.00 bits per heavy atom. The highest BCUT2D eigenvalue weighted by Crippen LogP contribution is 2.32. The summed E-state index contributed by atoms with van der Waals surface area (Å²) in [5.74, 6) is -0.386. The molecule has 1 saturated heterocycles. The molecular weight excluding hydrogens is 173 g/mol. The van der Waals surface area contributed by atoms with Gasteiger partial charge in [0.2, 0.25) is 0 Å². The maximum Gasteiger partial charge on any atom is 0.317 e. The molecule has 1 rings (SSSR count). The third-order valence-electron chi connectivity index (χ3n) is 2.53. The summed E-state index contributed by atoms with van der Waals surface area (Å²) in [6, 6.07) is 0. The van der Waals surface area contributed by atoms with Gasteiger partial charge in [0.15, 0.2) is 0 Å². The van der Waals surface area contributed by atoms with Crippen molar-refractivity contribution in [3.8, 4) is 0 Å². The molecule has 1 fully saturated rings. The lowest BCUT2D eigenvalue weighted by molar-refractivity contribution is -0.149. The molecule has 0 amide bonds. The summed E-state index contributed by atoms with van der Waals surface area (Å²) in [6.45, 7) is 2.84. The topological polar surface area (TPSA) is 38.3 Å². The van der Waals surface area contributed by atoms with Crippen LogP contribution in [0.15, 0.2) is 11.9 Å². The fourth-order valence-corrected chi connectivity index (χ4v) is 1.55. The van der Waals surface area contributed by atoms with Gasteiger partial charge in [0.25, 0.3) is 0 Å². The number of methoxy groups -OCH3 is 1. The number of esters is 1. The molecular formula is C9H14FNO2. The van der Waals surface area contributed by atoms with E-state index in [0.717, 1.165) is 0 Å². The summed E-state index contributed by atoms with van der Waals surface area (Å²) in [7, 11) is 1.32. The average Bonchev–Trinajstić information content (AvgIpc) is 2.17. The summed E-state index contributed by atoms with van der Waals surface area (Å²) in [6.07, 6.45) is 1.08. The van der Waals surface area contributed by atoms with Crippen molar-refractivity contribution in [2.45, 2.75) is 13.3 Å². The van der Waals surface area contributed by atoms with Crippen molar-refractivity contribution in [2.24, 2.45) is 5.41 Å². The Morgan fingerprint density at radius 1 is 1.77 bits per heavy atom. The van der Waals surface area contributed by atoms with Gasteiger partial charge in [-0.05, 0) is 25.5 Å². The third-order valence-corrected chi connectivity index (χ3v) is 2.53. The van der Waals surface area contributed by atoms with Gasteiger partial charge in [-0.1, -0.05) is 0 Å². The Balaban J connectivity index is 2.89. The molecule has 0 unspecified atom stereocenters. The fraction of sp³-hybridized carbons (Fsp3) is 0.667. The molecule has 13 heavy (non-hydrogen) atoms. The van der Waals surface area contributed by atoms with Crippen molar-refractivity contribution in [2.75, 3.05) is 20.2 Å². The quantitative estimate of drug-likeness (QED) is 0.623. The molecule has 0 saturated carbocycles. The number of hydrogen-bond acceptors (Lipinski definition) is 3. The second-order valence-corrected chi connectivity index (χ2v) is 3.38. The van der Waals surface area contributed by atoms with Crippen LogP contribution in [0.4, 0.5) is 4.39 Å². The van der Waals surface area contributed by atoms with Crippen LogP contribution in [-0.2, 0) is 9.53 Å². The standard InChI is InChI=1S/C9H14FNO2/c1-9(8(12)13-2)6-11-4-3-7(9)5-10/h5,11H,3-4,6H2,1-2H3/b7-5+/t9-/m1/s1. The van der Waals surface area contributed by atoms with E-state index in [0.29, 0.717) is 31.4 Å². The van der Waals surface area contributed by atoms with E-state index in [1.165, 1.54) is 7.11 Å². The first-order valence-electron chi connectivity index (χ1n) is 4.24. The molecule has 4 heteroatoms. The minimum atomic E-state index is -0.832. The minimum Gasteiger partial charge on any atom is -0.468 e. The predicted octanol–water partition coefficient (Wildman–Crippen LogP) is 1.01. The number of carbonyl (C=O) groups is 1. The zero-order valence-electron chi connectivity index (χ0n) is 7.89. The molecule has 1 aliphatic rings. The molecule has 0 radical (unpaired) electrons. The lowest BCUT2D eigenvalue weighted by Crippen LogP contribution is -2.45. The van der Waals surface area contributed by atoms with Gasteiger partial charge in [-0.25, -0.2) is 4.39 Å². The maximum absolute atomic E-state index is 12.5.